The predicted molar refractivity (Wildman–Crippen MR) is 85.2 cm³/mol. The van der Waals surface area contributed by atoms with Gasteiger partial charge in [-0.05, 0) is 36.5 Å². The molecule has 0 radical (unpaired) electrons. The van der Waals surface area contributed by atoms with Crippen LogP contribution in [0.5, 0.6) is 0 Å². The van der Waals surface area contributed by atoms with Gasteiger partial charge in [0, 0.05) is 17.8 Å². The van der Waals surface area contributed by atoms with Crippen LogP contribution in [-0.2, 0) is 24.2 Å². The Morgan fingerprint density at radius 3 is 2.14 bits per heavy atom. The molecule has 1 amide bonds. The fraction of sp³-hybridized carbons (Fsp3) is 0.333. The monoisotopic (exact) mass is 283 g/mol. The quantitative estimate of drug-likeness (QED) is 0.841. The Morgan fingerprint density at radius 2 is 1.62 bits per heavy atom. The van der Waals surface area contributed by atoms with E-state index >= 15 is 0 Å². The Kier molecular flexibility index (Phi) is 5.09. The summed E-state index contributed by atoms with van der Waals surface area (Å²) in [5.41, 5.74) is 4.56. The van der Waals surface area contributed by atoms with Gasteiger partial charge in [-0.2, -0.15) is 4.57 Å². The molecule has 1 N–H and O–H groups in total. The molecule has 0 aliphatic heterocycles. The minimum Gasteiger partial charge on any atom is -0.320 e. The van der Waals surface area contributed by atoms with Crippen LogP contribution in [0.3, 0.4) is 0 Å². The average Bonchev–Trinajstić information content (AvgIpc) is 2.49. The molecule has 1 heterocycles. The normalized spacial score (nSPS) is 10.4. The lowest BCUT2D eigenvalue weighted by Crippen LogP contribution is -2.39. The zero-order valence-electron chi connectivity index (χ0n) is 13.0. The van der Waals surface area contributed by atoms with Crippen LogP contribution in [0.25, 0.3) is 0 Å². The molecule has 110 valence electrons. The lowest BCUT2D eigenvalue weighted by Gasteiger charge is -2.13. The number of para-hydroxylation sites is 1. The van der Waals surface area contributed by atoms with Crippen molar-refractivity contribution in [2.24, 2.45) is 0 Å². The first-order valence-corrected chi connectivity index (χ1v) is 7.50. The van der Waals surface area contributed by atoms with Crippen molar-refractivity contribution in [3.63, 3.8) is 0 Å². The molecule has 1 aromatic heterocycles. The zero-order valence-corrected chi connectivity index (χ0v) is 13.0. The van der Waals surface area contributed by atoms with Gasteiger partial charge in [-0.1, -0.05) is 32.0 Å². The summed E-state index contributed by atoms with van der Waals surface area (Å²) in [5.74, 6) is 0.0134. The van der Waals surface area contributed by atoms with Crippen LogP contribution in [0, 0.1) is 6.92 Å². The molecule has 3 nitrogen and oxygen atoms in total. The van der Waals surface area contributed by atoms with E-state index in [1.807, 2.05) is 36.0 Å². The Morgan fingerprint density at radius 1 is 1.05 bits per heavy atom. The van der Waals surface area contributed by atoms with Gasteiger partial charge in [-0.15, -0.1) is 0 Å². The minimum absolute atomic E-state index is 0.0134. The van der Waals surface area contributed by atoms with Crippen LogP contribution < -0.4 is 9.88 Å². The fourth-order valence-corrected chi connectivity index (χ4v) is 2.39. The number of amides is 1. The Labute approximate surface area is 126 Å². The number of anilines is 1. The lowest BCUT2D eigenvalue weighted by molar-refractivity contribution is -0.684. The first-order valence-electron chi connectivity index (χ1n) is 7.50. The highest BCUT2D eigenvalue weighted by molar-refractivity contribution is 5.91. The van der Waals surface area contributed by atoms with Crippen molar-refractivity contribution in [3.8, 4) is 0 Å². The fourth-order valence-electron chi connectivity index (χ4n) is 2.39. The Balaban J connectivity index is 2.14. The highest BCUT2D eigenvalue weighted by Crippen LogP contribution is 2.22. The smallest absolute Gasteiger partial charge is 0.290 e. The predicted octanol–water partition coefficient (Wildman–Crippen LogP) is 3.05. The second-order valence-electron chi connectivity index (χ2n) is 5.25. The number of carbonyl (C=O) groups is 1. The number of pyridine rings is 1. The standard InChI is InChI=1S/C18H22N2O/c1-4-15-7-6-8-16(5-2)18(15)19-17(21)13-20-11-9-14(3)10-12-20/h6-12H,4-5,13H2,1-3H3/p+1. The molecule has 0 saturated carbocycles. The maximum Gasteiger partial charge on any atom is 0.290 e. The van der Waals surface area contributed by atoms with Crippen LogP contribution in [0.4, 0.5) is 5.69 Å². The third-order valence-electron chi connectivity index (χ3n) is 3.65. The molecule has 0 atom stereocenters. The van der Waals surface area contributed by atoms with E-state index in [1.54, 1.807) is 0 Å². The Hall–Kier alpha value is -2.16. The van der Waals surface area contributed by atoms with Crippen LogP contribution in [-0.4, -0.2) is 5.91 Å². The number of aryl methyl sites for hydroxylation is 3. The number of rotatable bonds is 5. The number of nitrogens with one attached hydrogen (secondary N) is 1. The summed E-state index contributed by atoms with van der Waals surface area (Å²) in [6.45, 7) is 6.59. The van der Waals surface area contributed by atoms with Gasteiger partial charge in [-0.3, -0.25) is 4.79 Å². The molecule has 0 unspecified atom stereocenters. The number of aromatic nitrogens is 1. The summed E-state index contributed by atoms with van der Waals surface area (Å²) in [6, 6.07) is 10.2. The molecule has 2 aromatic rings. The van der Waals surface area contributed by atoms with E-state index < -0.39 is 0 Å². The SMILES string of the molecule is CCc1cccc(CC)c1NC(=O)C[n+]1ccc(C)cc1. The largest absolute Gasteiger partial charge is 0.320 e. The number of hydrogen-bond acceptors (Lipinski definition) is 1. The van der Waals surface area contributed by atoms with E-state index in [2.05, 4.69) is 37.4 Å². The highest BCUT2D eigenvalue weighted by Gasteiger charge is 2.13. The van der Waals surface area contributed by atoms with Crippen molar-refractivity contribution in [2.75, 3.05) is 5.32 Å². The molecule has 1 aromatic carbocycles. The first-order chi connectivity index (χ1) is 10.1. The van der Waals surface area contributed by atoms with Gasteiger partial charge >= 0.3 is 0 Å². The topological polar surface area (TPSA) is 33.0 Å². The molecular formula is C18H23N2O+. The van der Waals surface area contributed by atoms with Crippen molar-refractivity contribution in [1.82, 2.24) is 0 Å². The van der Waals surface area contributed by atoms with Crippen molar-refractivity contribution in [2.45, 2.75) is 40.2 Å². The zero-order chi connectivity index (χ0) is 15.2. The number of carbonyl (C=O) groups excluding carboxylic acids is 1. The second-order valence-corrected chi connectivity index (χ2v) is 5.25. The van der Waals surface area contributed by atoms with Crippen LogP contribution in [0.2, 0.25) is 0 Å². The average molecular weight is 283 g/mol. The highest BCUT2D eigenvalue weighted by atomic mass is 16.1. The molecular weight excluding hydrogens is 260 g/mol. The number of hydrogen-bond donors (Lipinski definition) is 1. The molecule has 0 bridgehead atoms. The lowest BCUT2D eigenvalue weighted by atomic mass is 10.0. The molecule has 21 heavy (non-hydrogen) atoms. The maximum atomic E-state index is 12.3. The van der Waals surface area contributed by atoms with E-state index in [-0.39, 0.29) is 5.91 Å². The van der Waals surface area contributed by atoms with Gasteiger partial charge in [0.15, 0.2) is 12.4 Å². The van der Waals surface area contributed by atoms with E-state index in [0.717, 1.165) is 18.5 Å². The van der Waals surface area contributed by atoms with Gasteiger partial charge in [0.05, 0.1) is 0 Å². The molecule has 0 aliphatic carbocycles. The molecule has 0 saturated heterocycles. The van der Waals surface area contributed by atoms with Gasteiger partial charge < -0.3 is 5.32 Å². The summed E-state index contributed by atoms with van der Waals surface area (Å²) in [4.78, 5) is 12.3. The summed E-state index contributed by atoms with van der Waals surface area (Å²) in [6.07, 6.45) is 5.70. The van der Waals surface area contributed by atoms with Crippen LogP contribution in [0.1, 0.15) is 30.5 Å². The second kappa shape index (κ2) is 7.02. The molecule has 0 aliphatic rings. The minimum atomic E-state index is 0.0134. The van der Waals surface area contributed by atoms with Gasteiger partial charge in [0.1, 0.15) is 0 Å². The summed E-state index contributed by atoms with van der Waals surface area (Å²) in [5, 5.41) is 3.08. The molecule has 0 fully saturated rings. The summed E-state index contributed by atoms with van der Waals surface area (Å²) < 4.78 is 1.89. The van der Waals surface area contributed by atoms with E-state index in [1.165, 1.54) is 16.7 Å². The van der Waals surface area contributed by atoms with Crippen molar-refractivity contribution in [1.29, 1.82) is 0 Å². The third kappa shape index (κ3) is 3.91. The van der Waals surface area contributed by atoms with E-state index in [4.69, 9.17) is 0 Å². The van der Waals surface area contributed by atoms with E-state index in [0.29, 0.717) is 6.54 Å². The van der Waals surface area contributed by atoms with Crippen molar-refractivity contribution >= 4 is 11.6 Å². The van der Waals surface area contributed by atoms with Gasteiger partial charge in [0.2, 0.25) is 6.54 Å². The molecule has 2 rings (SSSR count). The molecule has 3 heteroatoms. The maximum absolute atomic E-state index is 12.3. The van der Waals surface area contributed by atoms with Gasteiger partial charge in [0.25, 0.3) is 5.91 Å². The third-order valence-corrected chi connectivity index (χ3v) is 3.65. The summed E-state index contributed by atoms with van der Waals surface area (Å²) >= 11 is 0. The van der Waals surface area contributed by atoms with Gasteiger partial charge in [-0.25, -0.2) is 0 Å². The van der Waals surface area contributed by atoms with Crippen molar-refractivity contribution in [3.05, 3.63) is 59.4 Å². The first kappa shape index (κ1) is 15.2. The number of nitrogens with zero attached hydrogens (tertiary/aromatic N) is 1. The van der Waals surface area contributed by atoms with Crippen LogP contribution in [0.15, 0.2) is 42.7 Å². The molecule has 0 spiro atoms. The van der Waals surface area contributed by atoms with Crippen molar-refractivity contribution < 1.29 is 9.36 Å². The van der Waals surface area contributed by atoms with E-state index in [9.17, 15) is 4.79 Å². The number of benzene rings is 1. The summed E-state index contributed by atoms with van der Waals surface area (Å²) in [7, 11) is 0. The van der Waals surface area contributed by atoms with Crippen LogP contribution >= 0.6 is 0 Å². The Bertz CT molecular complexity index is 595.